The van der Waals surface area contributed by atoms with Gasteiger partial charge in [0.05, 0.1) is 11.1 Å². The second-order valence-electron chi connectivity index (χ2n) is 10.3. The molecule has 0 aliphatic heterocycles. The molecule has 0 atom stereocenters. The number of aliphatic hydroxyl groups excluding tert-OH is 2. The fraction of sp³-hybridized carbons (Fsp3) is 0.667. The van der Waals surface area contributed by atoms with E-state index in [2.05, 4.69) is 0 Å². The molecule has 0 aromatic rings. The van der Waals surface area contributed by atoms with E-state index >= 15 is 0 Å². The second kappa shape index (κ2) is 9.27. The van der Waals surface area contributed by atoms with E-state index in [9.17, 15) is 29.4 Å². The zero-order valence-corrected chi connectivity index (χ0v) is 18.6. The molecule has 0 saturated carbocycles. The van der Waals surface area contributed by atoms with E-state index in [4.69, 9.17) is 0 Å². The monoisotopic (exact) mass is 418 g/mol. The zero-order valence-electron chi connectivity index (χ0n) is 18.6. The van der Waals surface area contributed by atoms with Gasteiger partial charge >= 0.3 is 0 Å². The van der Waals surface area contributed by atoms with Crippen LogP contribution in [-0.4, -0.2) is 33.3 Å². The summed E-state index contributed by atoms with van der Waals surface area (Å²) in [6.07, 6.45) is 4.14. The summed E-state index contributed by atoms with van der Waals surface area (Å²) < 4.78 is 0. The standard InChI is InChI=1S/C24H34O6/c1-23(2)11-17(27)21(18(28)12-23)15(25)9-7-5-6-8-10-16(26)22-19(29)13-24(3,4)14-20(22)30/h27,29H,5-14H2,1-4H3. The normalized spacial score (nSPS) is 21.2. The lowest BCUT2D eigenvalue weighted by atomic mass is 9.75. The third-order valence-corrected chi connectivity index (χ3v) is 5.82. The maximum atomic E-state index is 12.3. The molecule has 6 heteroatoms. The lowest BCUT2D eigenvalue weighted by molar-refractivity contribution is -0.125. The molecule has 0 aromatic heterocycles. The minimum absolute atomic E-state index is 0.0364. The molecule has 0 radical (unpaired) electrons. The first-order chi connectivity index (χ1) is 13.8. The van der Waals surface area contributed by atoms with Crippen LogP contribution in [-0.2, 0) is 19.2 Å². The minimum Gasteiger partial charge on any atom is -0.511 e. The van der Waals surface area contributed by atoms with Crippen LogP contribution in [0.1, 0.15) is 91.9 Å². The van der Waals surface area contributed by atoms with E-state index in [0.29, 0.717) is 38.5 Å². The Hall–Kier alpha value is -2.24. The first kappa shape index (κ1) is 24.0. The Morgan fingerprint density at radius 3 is 1.30 bits per heavy atom. The number of ketones is 4. The molecule has 0 fully saturated rings. The van der Waals surface area contributed by atoms with Gasteiger partial charge in [0.2, 0.25) is 0 Å². The lowest BCUT2D eigenvalue weighted by Crippen LogP contribution is -2.29. The fourth-order valence-electron chi connectivity index (χ4n) is 4.38. The summed E-state index contributed by atoms with van der Waals surface area (Å²) in [6.45, 7) is 7.56. The highest BCUT2D eigenvalue weighted by Crippen LogP contribution is 2.37. The van der Waals surface area contributed by atoms with Crippen molar-refractivity contribution in [3.63, 3.8) is 0 Å². The van der Waals surface area contributed by atoms with Gasteiger partial charge in [-0.05, 0) is 23.7 Å². The highest BCUT2D eigenvalue weighted by atomic mass is 16.3. The molecule has 2 N–H and O–H groups in total. The van der Waals surface area contributed by atoms with Crippen LogP contribution >= 0.6 is 0 Å². The molecule has 0 amide bonds. The maximum absolute atomic E-state index is 12.3. The molecule has 0 spiro atoms. The third kappa shape index (κ3) is 6.13. The number of rotatable bonds is 9. The molecule has 166 valence electrons. The first-order valence-electron chi connectivity index (χ1n) is 10.8. The van der Waals surface area contributed by atoms with Gasteiger partial charge in [-0.1, -0.05) is 40.5 Å². The molecule has 0 bridgehead atoms. The summed E-state index contributed by atoms with van der Waals surface area (Å²) in [5.74, 6) is -1.38. The fourth-order valence-corrected chi connectivity index (χ4v) is 4.38. The Balaban J connectivity index is 1.75. The number of hydrogen-bond acceptors (Lipinski definition) is 6. The minimum atomic E-state index is -0.323. The van der Waals surface area contributed by atoms with Crippen molar-refractivity contribution >= 4 is 23.1 Å². The molecule has 0 aromatic carbocycles. The van der Waals surface area contributed by atoms with Crippen molar-refractivity contribution in [2.45, 2.75) is 91.9 Å². The Morgan fingerprint density at radius 2 is 1.00 bits per heavy atom. The largest absolute Gasteiger partial charge is 0.511 e. The number of carbonyl (C=O) groups excluding carboxylic acids is 4. The Bertz CT molecular complexity index is 742. The Kier molecular flexibility index (Phi) is 7.43. The molecule has 0 saturated heterocycles. The van der Waals surface area contributed by atoms with E-state index in [1.165, 1.54) is 0 Å². The second-order valence-corrected chi connectivity index (χ2v) is 10.3. The summed E-state index contributed by atoms with van der Waals surface area (Å²) in [7, 11) is 0. The summed E-state index contributed by atoms with van der Waals surface area (Å²) in [6, 6.07) is 0. The predicted octanol–water partition coefficient (Wildman–Crippen LogP) is 4.87. The van der Waals surface area contributed by atoms with Gasteiger partial charge in [-0.2, -0.15) is 0 Å². The van der Waals surface area contributed by atoms with Gasteiger partial charge < -0.3 is 10.2 Å². The van der Waals surface area contributed by atoms with Gasteiger partial charge in [0.15, 0.2) is 23.1 Å². The van der Waals surface area contributed by atoms with Gasteiger partial charge in [-0.15, -0.1) is 0 Å². The summed E-state index contributed by atoms with van der Waals surface area (Å²) >= 11 is 0. The zero-order chi connectivity index (χ0) is 22.7. The maximum Gasteiger partial charge on any atom is 0.170 e. The van der Waals surface area contributed by atoms with Crippen LogP contribution in [0.25, 0.3) is 0 Å². The average molecular weight is 419 g/mol. The molecular formula is C24H34O6. The number of unbranched alkanes of at least 4 members (excludes halogenated alkanes) is 3. The molecular weight excluding hydrogens is 384 g/mol. The van der Waals surface area contributed by atoms with Crippen molar-refractivity contribution < 1.29 is 29.4 Å². The molecule has 0 unspecified atom stereocenters. The highest BCUT2D eigenvalue weighted by Gasteiger charge is 2.36. The summed E-state index contributed by atoms with van der Waals surface area (Å²) in [5, 5.41) is 20.2. The van der Waals surface area contributed by atoms with Crippen molar-refractivity contribution in [3.05, 3.63) is 22.7 Å². The molecule has 2 aliphatic carbocycles. The van der Waals surface area contributed by atoms with Crippen molar-refractivity contribution in [2.24, 2.45) is 10.8 Å². The van der Waals surface area contributed by atoms with Gasteiger partial charge in [-0.25, -0.2) is 0 Å². The van der Waals surface area contributed by atoms with E-state index in [1.54, 1.807) is 0 Å². The highest BCUT2D eigenvalue weighted by molar-refractivity contribution is 6.21. The molecule has 6 nitrogen and oxygen atoms in total. The predicted molar refractivity (Wildman–Crippen MR) is 113 cm³/mol. The SMILES string of the molecule is CC1(C)CC(=O)C(C(=O)CCCCCCC(=O)C2=C(O)CC(C)(C)CC2=O)=C(O)C1. The van der Waals surface area contributed by atoms with Crippen LogP contribution in [0.2, 0.25) is 0 Å². The Labute approximate surface area is 178 Å². The average Bonchev–Trinajstić information content (AvgIpc) is 2.54. The van der Waals surface area contributed by atoms with Crippen LogP contribution in [0.5, 0.6) is 0 Å². The molecule has 30 heavy (non-hydrogen) atoms. The summed E-state index contributed by atoms with van der Waals surface area (Å²) in [4.78, 5) is 49.0. The number of allylic oxidation sites excluding steroid dienone is 4. The van der Waals surface area contributed by atoms with E-state index < -0.39 is 0 Å². The number of Topliss-reactive ketones (excluding diaryl/α,β-unsaturated/α-hetero) is 4. The van der Waals surface area contributed by atoms with Crippen LogP contribution < -0.4 is 0 Å². The van der Waals surface area contributed by atoms with Crippen molar-refractivity contribution in [1.29, 1.82) is 0 Å². The number of carbonyl (C=O) groups is 4. The van der Waals surface area contributed by atoms with E-state index in [-0.39, 0.29) is 82.3 Å². The molecule has 0 heterocycles. The van der Waals surface area contributed by atoms with Crippen molar-refractivity contribution in [3.8, 4) is 0 Å². The molecule has 2 rings (SSSR count). The van der Waals surface area contributed by atoms with Crippen molar-refractivity contribution in [2.75, 3.05) is 0 Å². The summed E-state index contributed by atoms with van der Waals surface area (Å²) in [5.41, 5.74) is -0.718. The van der Waals surface area contributed by atoms with Crippen LogP contribution in [0.15, 0.2) is 22.7 Å². The van der Waals surface area contributed by atoms with Crippen molar-refractivity contribution in [1.82, 2.24) is 0 Å². The number of aliphatic hydroxyl groups is 2. The number of hydrogen-bond donors (Lipinski definition) is 2. The Morgan fingerprint density at radius 1 is 0.667 bits per heavy atom. The smallest absolute Gasteiger partial charge is 0.170 e. The van der Waals surface area contributed by atoms with Crippen LogP contribution in [0, 0.1) is 10.8 Å². The van der Waals surface area contributed by atoms with E-state index in [1.807, 2.05) is 27.7 Å². The van der Waals surface area contributed by atoms with Gasteiger partial charge in [0.25, 0.3) is 0 Å². The third-order valence-electron chi connectivity index (χ3n) is 5.82. The molecule has 2 aliphatic rings. The van der Waals surface area contributed by atoms with Crippen LogP contribution in [0.3, 0.4) is 0 Å². The van der Waals surface area contributed by atoms with Gasteiger partial charge in [0.1, 0.15) is 11.5 Å². The van der Waals surface area contributed by atoms with Gasteiger partial charge in [0, 0.05) is 38.5 Å². The van der Waals surface area contributed by atoms with Gasteiger partial charge in [-0.3, -0.25) is 19.2 Å². The topological polar surface area (TPSA) is 109 Å². The van der Waals surface area contributed by atoms with E-state index in [0.717, 1.165) is 0 Å². The first-order valence-corrected chi connectivity index (χ1v) is 10.8. The lowest BCUT2D eigenvalue weighted by Gasteiger charge is -2.29. The van der Waals surface area contributed by atoms with Crippen LogP contribution in [0.4, 0.5) is 0 Å². The quantitative estimate of drug-likeness (QED) is 0.408.